The van der Waals surface area contributed by atoms with E-state index < -0.39 is 5.91 Å². The Morgan fingerprint density at radius 1 is 1.19 bits per heavy atom. The second-order valence-electron chi connectivity index (χ2n) is 7.35. The molecular weight excluding hydrogens is 420 g/mol. The number of anilines is 1. The molecule has 1 fully saturated rings. The van der Waals surface area contributed by atoms with Crippen LogP contribution in [0.15, 0.2) is 47.0 Å². The largest absolute Gasteiger partial charge is 0.486 e. The van der Waals surface area contributed by atoms with Gasteiger partial charge >= 0.3 is 0 Å². The minimum Gasteiger partial charge on any atom is -0.486 e. The first-order valence-electron chi connectivity index (χ1n) is 10.1. The minimum atomic E-state index is -0.463. The highest BCUT2D eigenvalue weighted by Crippen LogP contribution is 2.22. The van der Waals surface area contributed by atoms with E-state index in [0.717, 1.165) is 19.3 Å². The van der Waals surface area contributed by atoms with Crippen molar-refractivity contribution >= 4 is 29.1 Å². The number of nitrogens with one attached hydrogen (secondary N) is 1. The zero-order valence-electron chi connectivity index (χ0n) is 17.1. The first-order valence-corrected chi connectivity index (χ1v) is 10.5. The number of amides is 2. The third-order valence-corrected chi connectivity index (χ3v) is 5.33. The molecule has 2 amide bonds. The van der Waals surface area contributed by atoms with E-state index in [1.165, 1.54) is 10.9 Å². The van der Waals surface area contributed by atoms with Crippen LogP contribution < -0.4 is 10.1 Å². The summed E-state index contributed by atoms with van der Waals surface area (Å²) in [7, 11) is 1.69. The molecule has 9 heteroatoms. The number of carbonyl (C=O) groups is 2. The number of furan rings is 1. The summed E-state index contributed by atoms with van der Waals surface area (Å²) in [5, 5.41) is 7.46. The first-order chi connectivity index (χ1) is 15.0. The molecule has 1 N–H and O–H groups in total. The quantitative estimate of drug-likeness (QED) is 0.620. The van der Waals surface area contributed by atoms with Crippen LogP contribution in [0.4, 0.5) is 5.69 Å². The molecule has 0 bridgehead atoms. The van der Waals surface area contributed by atoms with Crippen molar-refractivity contribution in [2.24, 2.45) is 7.05 Å². The maximum absolute atomic E-state index is 12.9. The fourth-order valence-electron chi connectivity index (χ4n) is 3.50. The molecule has 1 aromatic carbocycles. The summed E-state index contributed by atoms with van der Waals surface area (Å²) in [5.74, 6) is 0.608. The number of hydrogen-bond donors (Lipinski definition) is 1. The number of hydrogen-bond acceptors (Lipinski definition) is 5. The van der Waals surface area contributed by atoms with Gasteiger partial charge in [0.15, 0.2) is 5.76 Å². The second kappa shape index (κ2) is 9.26. The van der Waals surface area contributed by atoms with E-state index in [0.29, 0.717) is 41.0 Å². The normalized spacial score (nSPS) is 13.8. The molecule has 0 aliphatic carbocycles. The van der Waals surface area contributed by atoms with Crippen LogP contribution in [0.3, 0.4) is 0 Å². The number of rotatable bonds is 6. The van der Waals surface area contributed by atoms with E-state index >= 15 is 0 Å². The van der Waals surface area contributed by atoms with Gasteiger partial charge < -0.3 is 19.4 Å². The maximum atomic E-state index is 12.9. The number of ether oxygens (including phenoxy) is 1. The van der Waals surface area contributed by atoms with Crippen LogP contribution in [0.5, 0.6) is 5.75 Å². The van der Waals surface area contributed by atoms with Gasteiger partial charge in [-0.15, -0.1) is 0 Å². The standard InChI is InChI=1S/C22H23ClN4O4/c1-26-20(22(29)27-10-3-2-4-11-27)18(13-24-26)25-21(28)19-9-8-17(31-19)14-30-16-7-5-6-15(23)12-16/h5-9,12-13H,2-4,10-11,14H2,1H3,(H,25,28). The van der Waals surface area contributed by atoms with Gasteiger partial charge in [0.2, 0.25) is 0 Å². The Bertz CT molecular complexity index is 1080. The van der Waals surface area contributed by atoms with Crippen LogP contribution >= 0.6 is 11.6 Å². The van der Waals surface area contributed by atoms with E-state index in [1.807, 2.05) is 0 Å². The zero-order valence-corrected chi connectivity index (χ0v) is 17.9. The lowest BCUT2D eigenvalue weighted by atomic mass is 10.1. The summed E-state index contributed by atoms with van der Waals surface area (Å²) in [5.41, 5.74) is 0.711. The van der Waals surface area contributed by atoms with E-state index in [9.17, 15) is 9.59 Å². The van der Waals surface area contributed by atoms with Crippen LogP contribution in [0.2, 0.25) is 5.02 Å². The number of likely N-dealkylation sites (tertiary alicyclic amines) is 1. The number of halogens is 1. The van der Waals surface area contributed by atoms with Gasteiger partial charge in [0.05, 0.1) is 11.9 Å². The molecule has 1 aliphatic rings. The SMILES string of the molecule is Cn1ncc(NC(=O)c2ccc(COc3cccc(Cl)c3)o2)c1C(=O)N1CCCCC1. The Balaban J connectivity index is 1.41. The highest BCUT2D eigenvalue weighted by atomic mass is 35.5. The van der Waals surface area contributed by atoms with E-state index in [2.05, 4.69) is 10.4 Å². The van der Waals surface area contributed by atoms with Crippen molar-refractivity contribution in [3.8, 4) is 5.75 Å². The molecule has 162 valence electrons. The zero-order chi connectivity index (χ0) is 21.8. The van der Waals surface area contributed by atoms with Crippen LogP contribution in [0, 0.1) is 0 Å². The molecule has 8 nitrogen and oxygen atoms in total. The van der Waals surface area contributed by atoms with Crippen LogP contribution in [-0.4, -0.2) is 39.6 Å². The van der Waals surface area contributed by atoms with Gasteiger partial charge in [0.1, 0.15) is 23.8 Å². The van der Waals surface area contributed by atoms with Gasteiger partial charge in [-0.3, -0.25) is 14.3 Å². The number of piperidine rings is 1. The van der Waals surface area contributed by atoms with Gasteiger partial charge in [0.25, 0.3) is 11.8 Å². The van der Waals surface area contributed by atoms with Crippen LogP contribution in [-0.2, 0) is 13.7 Å². The molecule has 4 rings (SSSR count). The lowest BCUT2D eigenvalue weighted by molar-refractivity contribution is 0.0714. The Kier molecular flexibility index (Phi) is 6.27. The average Bonchev–Trinajstić information content (AvgIpc) is 3.39. The lowest BCUT2D eigenvalue weighted by Gasteiger charge is -2.27. The summed E-state index contributed by atoms with van der Waals surface area (Å²) < 4.78 is 12.7. The van der Waals surface area contributed by atoms with Crippen molar-refractivity contribution in [3.63, 3.8) is 0 Å². The minimum absolute atomic E-state index is 0.116. The van der Waals surface area contributed by atoms with Crippen LogP contribution in [0.25, 0.3) is 0 Å². The average molecular weight is 443 g/mol. The summed E-state index contributed by atoms with van der Waals surface area (Å²) in [4.78, 5) is 27.4. The second-order valence-corrected chi connectivity index (χ2v) is 7.79. The number of carbonyl (C=O) groups excluding carboxylic acids is 2. The van der Waals surface area contributed by atoms with Gasteiger partial charge in [-0.05, 0) is 49.6 Å². The number of benzene rings is 1. The molecule has 0 atom stereocenters. The Labute approximate surface area is 184 Å². The summed E-state index contributed by atoms with van der Waals surface area (Å²) in [6, 6.07) is 10.3. The number of aryl methyl sites for hydroxylation is 1. The number of aromatic nitrogens is 2. The van der Waals surface area contributed by atoms with Crippen molar-refractivity contribution in [2.75, 3.05) is 18.4 Å². The molecule has 3 heterocycles. The molecular formula is C22H23ClN4O4. The van der Waals surface area contributed by atoms with Crippen LogP contribution in [0.1, 0.15) is 46.1 Å². The topological polar surface area (TPSA) is 89.6 Å². The number of nitrogens with zero attached hydrogens (tertiary/aromatic N) is 3. The van der Waals surface area contributed by atoms with E-state index in [4.69, 9.17) is 20.8 Å². The van der Waals surface area contributed by atoms with Gasteiger partial charge in [0, 0.05) is 25.2 Å². The Morgan fingerprint density at radius 3 is 2.77 bits per heavy atom. The fraction of sp³-hybridized carbons (Fsp3) is 0.318. The third kappa shape index (κ3) is 4.91. The fourth-order valence-corrected chi connectivity index (χ4v) is 3.68. The van der Waals surface area contributed by atoms with Gasteiger partial charge in [-0.2, -0.15) is 5.10 Å². The molecule has 0 saturated carbocycles. The van der Waals surface area contributed by atoms with E-state index in [-0.39, 0.29) is 18.3 Å². The Morgan fingerprint density at radius 2 is 2.00 bits per heavy atom. The van der Waals surface area contributed by atoms with E-state index in [1.54, 1.807) is 48.3 Å². The Hall–Kier alpha value is -3.26. The summed E-state index contributed by atoms with van der Waals surface area (Å²) >= 11 is 5.95. The lowest BCUT2D eigenvalue weighted by Crippen LogP contribution is -2.37. The molecule has 3 aromatic rings. The molecule has 0 unspecified atom stereocenters. The predicted molar refractivity (Wildman–Crippen MR) is 115 cm³/mol. The third-order valence-electron chi connectivity index (χ3n) is 5.10. The molecule has 1 aliphatic heterocycles. The van der Waals surface area contributed by atoms with Crippen molar-refractivity contribution in [1.82, 2.24) is 14.7 Å². The highest BCUT2D eigenvalue weighted by molar-refractivity contribution is 6.30. The van der Waals surface area contributed by atoms with Gasteiger partial charge in [-0.25, -0.2) is 0 Å². The van der Waals surface area contributed by atoms with Crippen molar-refractivity contribution in [3.05, 3.63) is 64.8 Å². The molecule has 2 aromatic heterocycles. The van der Waals surface area contributed by atoms with Gasteiger partial charge in [-0.1, -0.05) is 17.7 Å². The maximum Gasteiger partial charge on any atom is 0.291 e. The monoisotopic (exact) mass is 442 g/mol. The first kappa shape index (κ1) is 21.0. The highest BCUT2D eigenvalue weighted by Gasteiger charge is 2.25. The molecule has 0 radical (unpaired) electrons. The van der Waals surface area contributed by atoms with Crippen molar-refractivity contribution in [2.45, 2.75) is 25.9 Å². The molecule has 0 spiro atoms. The molecule has 31 heavy (non-hydrogen) atoms. The molecule has 1 saturated heterocycles. The van der Waals surface area contributed by atoms with Crippen molar-refractivity contribution in [1.29, 1.82) is 0 Å². The van der Waals surface area contributed by atoms with Crippen molar-refractivity contribution < 1.29 is 18.7 Å². The summed E-state index contributed by atoms with van der Waals surface area (Å²) in [6.45, 7) is 1.58. The predicted octanol–water partition coefficient (Wildman–Crippen LogP) is 4.12. The smallest absolute Gasteiger partial charge is 0.291 e. The summed E-state index contributed by atoms with van der Waals surface area (Å²) in [6.07, 6.45) is 4.57.